The Morgan fingerprint density at radius 1 is 1.00 bits per heavy atom. The maximum Gasteiger partial charge on any atom is -0.00435 e. The van der Waals surface area contributed by atoms with Crippen molar-refractivity contribution >= 4 is 0 Å². The molecule has 0 bridgehead atoms. The second-order valence-corrected chi connectivity index (χ2v) is 6.06. The van der Waals surface area contributed by atoms with E-state index in [1.165, 1.54) is 58.0 Å². The van der Waals surface area contributed by atoms with Gasteiger partial charge in [0.1, 0.15) is 0 Å². The van der Waals surface area contributed by atoms with Crippen molar-refractivity contribution in [3.05, 3.63) is 0 Å². The van der Waals surface area contributed by atoms with E-state index < -0.39 is 0 Å². The molecule has 1 N–H and O–H groups in total. The Hall–Kier alpha value is -0.0400. The summed E-state index contributed by atoms with van der Waals surface area (Å²) in [7, 11) is 0. The van der Waals surface area contributed by atoms with Gasteiger partial charge in [0.25, 0.3) is 0 Å². The van der Waals surface area contributed by atoms with Crippen LogP contribution in [0, 0.1) is 17.3 Å². The van der Waals surface area contributed by atoms with Gasteiger partial charge in [0.15, 0.2) is 0 Å². The Balaban J connectivity index is 2.14. The average Bonchev–Trinajstić information content (AvgIpc) is 2.42. The first-order chi connectivity index (χ1) is 7.25. The summed E-state index contributed by atoms with van der Waals surface area (Å²) in [6, 6.07) is 0. The average molecular weight is 209 g/mol. The number of hydrogen-bond donors (Lipinski definition) is 1. The van der Waals surface area contributed by atoms with E-state index in [-0.39, 0.29) is 0 Å². The minimum absolute atomic E-state index is 0.718. The van der Waals surface area contributed by atoms with Crippen LogP contribution in [-0.4, -0.2) is 13.1 Å². The van der Waals surface area contributed by atoms with Gasteiger partial charge in [-0.05, 0) is 56.0 Å². The van der Waals surface area contributed by atoms with Gasteiger partial charge in [-0.15, -0.1) is 0 Å². The van der Waals surface area contributed by atoms with Crippen molar-refractivity contribution in [2.24, 2.45) is 17.3 Å². The normalized spacial score (nSPS) is 31.8. The fourth-order valence-electron chi connectivity index (χ4n) is 4.10. The van der Waals surface area contributed by atoms with E-state index in [1.54, 1.807) is 0 Å². The molecule has 1 heterocycles. The van der Waals surface area contributed by atoms with Crippen LogP contribution in [0.1, 0.15) is 58.8 Å². The summed E-state index contributed by atoms with van der Waals surface area (Å²) in [5, 5.41) is 3.54. The number of nitrogens with one attached hydrogen (secondary N) is 1. The Morgan fingerprint density at radius 2 is 1.73 bits per heavy atom. The lowest BCUT2D eigenvalue weighted by Crippen LogP contribution is -2.42. The summed E-state index contributed by atoms with van der Waals surface area (Å²) in [4.78, 5) is 0. The molecular weight excluding hydrogens is 182 g/mol. The van der Waals surface area contributed by atoms with Crippen LogP contribution in [0.3, 0.4) is 0 Å². The summed E-state index contributed by atoms with van der Waals surface area (Å²) in [6.07, 6.45) is 10.3. The standard InChI is InChI=1S/C14H27N/c1-12(2)13-6-4-3-5-7-14(13)8-10-15-11-9-14/h12-13,15H,3-11H2,1-2H3. The van der Waals surface area contributed by atoms with Gasteiger partial charge in [0.05, 0.1) is 0 Å². The van der Waals surface area contributed by atoms with Crippen LogP contribution in [0.25, 0.3) is 0 Å². The van der Waals surface area contributed by atoms with Gasteiger partial charge >= 0.3 is 0 Å². The minimum atomic E-state index is 0.718. The van der Waals surface area contributed by atoms with Crippen LogP contribution >= 0.6 is 0 Å². The lowest BCUT2D eigenvalue weighted by atomic mass is 9.62. The van der Waals surface area contributed by atoms with Gasteiger partial charge in [0, 0.05) is 0 Å². The fraction of sp³-hybridized carbons (Fsp3) is 1.00. The van der Waals surface area contributed by atoms with Crippen LogP contribution in [-0.2, 0) is 0 Å². The molecule has 1 unspecified atom stereocenters. The highest BCUT2D eigenvalue weighted by Gasteiger charge is 2.41. The van der Waals surface area contributed by atoms with Crippen LogP contribution in [0.2, 0.25) is 0 Å². The summed E-state index contributed by atoms with van der Waals surface area (Å²) in [5.74, 6) is 1.89. The first-order valence-electron chi connectivity index (χ1n) is 6.95. The van der Waals surface area contributed by atoms with Crippen molar-refractivity contribution in [3.8, 4) is 0 Å². The first-order valence-corrected chi connectivity index (χ1v) is 6.95. The highest BCUT2D eigenvalue weighted by Crippen LogP contribution is 2.49. The molecule has 1 saturated heterocycles. The van der Waals surface area contributed by atoms with Gasteiger partial charge < -0.3 is 5.32 Å². The highest BCUT2D eigenvalue weighted by atomic mass is 14.9. The van der Waals surface area contributed by atoms with E-state index in [0.717, 1.165) is 17.3 Å². The molecule has 1 atom stereocenters. The quantitative estimate of drug-likeness (QED) is 0.696. The monoisotopic (exact) mass is 209 g/mol. The number of rotatable bonds is 1. The number of hydrogen-bond acceptors (Lipinski definition) is 1. The van der Waals surface area contributed by atoms with Crippen molar-refractivity contribution in [1.82, 2.24) is 5.32 Å². The first kappa shape index (κ1) is 11.4. The Kier molecular flexibility index (Phi) is 3.71. The van der Waals surface area contributed by atoms with E-state index in [1.807, 2.05) is 0 Å². The molecule has 2 rings (SSSR count). The van der Waals surface area contributed by atoms with E-state index in [9.17, 15) is 0 Å². The predicted molar refractivity (Wildman–Crippen MR) is 65.9 cm³/mol. The molecule has 2 fully saturated rings. The van der Waals surface area contributed by atoms with Crippen LogP contribution in [0.4, 0.5) is 0 Å². The predicted octanol–water partition coefficient (Wildman–Crippen LogP) is 3.59. The molecule has 1 heteroatoms. The Labute approximate surface area is 95.0 Å². The Morgan fingerprint density at radius 3 is 2.40 bits per heavy atom. The topological polar surface area (TPSA) is 12.0 Å². The van der Waals surface area contributed by atoms with Crippen molar-refractivity contribution < 1.29 is 0 Å². The molecule has 88 valence electrons. The van der Waals surface area contributed by atoms with Crippen LogP contribution < -0.4 is 5.32 Å². The molecule has 15 heavy (non-hydrogen) atoms. The smallest absolute Gasteiger partial charge is 0.00435 e. The molecular formula is C14H27N. The van der Waals surface area contributed by atoms with E-state index in [0.29, 0.717) is 0 Å². The van der Waals surface area contributed by atoms with Gasteiger partial charge in [-0.25, -0.2) is 0 Å². The zero-order chi connectivity index (χ0) is 10.7. The second kappa shape index (κ2) is 4.86. The SMILES string of the molecule is CC(C)C1CCCCCC12CCNCC2. The third kappa shape index (κ3) is 2.38. The molecule has 2 aliphatic rings. The van der Waals surface area contributed by atoms with Crippen LogP contribution in [0.15, 0.2) is 0 Å². The highest BCUT2D eigenvalue weighted by molar-refractivity contribution is 4.93. The second-order valence-electron chi connectivity index (χ2n) is 6.06. The molecule has 1 nitrogen and oxygen atoms in total. The zero-order valence-electron chi connectivity index (χ0n) is 10.5. The lowest BCUT2D eigenvalue weighted by molar-refractivity contribution is 0.0624. The zero-order valence-corrected chi connectivity index (χ0v) is 10.5. The molecule has 1 saturated carbocycles. The Bertz CT molecular complexity index is 192. The van der Waals surface area contributed by atoms with E-state index in [2.05, 4.69) is 19.2 Å². The molecule has 0 amide bonds. The number of piperidine rings is 1. The van der Waals surface area contributed by atoms with Gasteiger partial charge in [-0.2, -0.15) is 0 Å². The maximum absolute atomic E-state index is 3.54. The summed E-state index contributed by atoms with van der Waals surface area (Å²) >= 11 is 0. The van der Waals surface area contributed by atoms with Crippen molar-refractivity contribution in [1.29, 1.82) is 0 Å². The van der Waals surface area contributed by atoms with Gasteiger partial charge in [-0.1, -0.05) is 33.1 Å². The summed E-state index contributed by atoms with van der Waals surface area (Å²) in [5.41, 5.74) is 0.718. The molecule has 0 aromatic heterocycles. The lowest BCUT2D eigenvalue weighted by Gasteiger charge is -2.45. The molecule has 1 spiro atoms. The van der Waals surface area contributed by atoms with Crippen molar-refractivity contribution in [2.45, 2.75) is 58.8 Å². The van der Waals surface area contributed by atoms with Crippen molar-refractivity contribution in [2.75, 3.05) is 13.1 Å². The minimum Gasteiger partial charge on any atom is -0.317 e. The van der Waals surface area contributed by atoms with Gasteiger partial charge in [0.2, 0.25) is 0 Å². The third-order valence-electron chi connectivity index (χ3n) is 4.88. The third-order valence-corrected chi connectivity index (χ3v) is 4.88. The largest absolute Gasteiger partial charge is 0.317 e. The van der Waals surface area contributed by atoms with E-state index in [4.69, 9.17) is 0 Å². The van der Waals surface area contributed by atoms with E-state index >= 15 is 0 Å². The molecule has 0 aromatic rings. The summed E-state index contributed by atoms with van der Waals surface area (Å²) < 4.78 is 0. The molecule has 1 aliphatic carbocycles. The molecule has 0 aromatic carbocycles. The van der Waals surface area contributed by atoms with Crippen molar-refractivity contribution in [3.63, 3.8) is 0 Å². The van der Waals surface area contributed by atoms with Gasteiger partial charge in [-0.3, -0.25) is 0 Å². The molecule has 1 aliphatic heterocycles. The maximum atomic E-state index is 3.54. The fourth-order valence-corrected chi connectivity index (χ4v) is 4.10. The molecule has 0 radical (unpaired) electrons. The summed E-state index contributed by atoms with van der Waals surface area (Å²) in [6.45, 7) is 7.42. The van der Waals surface area contributed by atoms with Crippen LogP contribution in [0.5, 0.6) is 0 Å².